The van der Waals surface area contributed by atoms with Gasteiger partial charge in [0.25, 0.3) is 0 Å². The van der Waals surface area contributed by atoms with E-state index in [9.17, 15) is 0 Å². The molecule has 0 radical (unpaired) electrons. The number of anilines is 1. The highest BCUT2D eigenvalue weighted by molar-refractivity contribution is 5.29. The summed E-state index contributed by atoms with van der Waals surface area (Å²) in [5, 5.41) is 3.17. The van der Waals surface area contributed by atoms with Crippen LogP contribution in [0, 0.1) is 0 Å². The Labute approximate surface area is 124 Å². The third-order valence-corrected chi connectivity index (χ3v) is 3.78. The molecule has 0 spiro atoms. The zero-order chi connectivity index (χ0) is 14.5. The minimum Gasteiger partial charge on any atom is -0.468 e. The molecule has 3 heterocycles. The second-order valence-corrected chi connectivity index (χ2v) is 5.21. The summed E-state index contributed by atoms with van der Waals surface area (Å²) in [5.41, 5.74) is 1.24. The van der Waals surface area contributed by atoms with Crippen LogP contribution < -0.4 is 10.2 Å². The molecule has 6 heteroatoms. The molecule has 0 aliphatic carbocycles. The number of hydrogen-bond donors (Lipinski definition) is 1. The quantitative estimate of drug-likeness (QED) is 0.889. The van der Waals surface area contributed by atoms with Gasteiger partial charge >= 0.3 is 0 Å². The summed E-state index contributed by atoms with van der Waals surface area (Å²) in [6, 6.07) is 3.89. The standard InChI is InChI=1S/C15H21N5O/c1-16-11-13-3-10-21-14(13)12-19-6-8-20(9-7-19)15-17-4-2-5-18-15/h2-5,10,16H,6-9,11-12H2,1H3. The second kappa shape index (κ2) is 6.69. The van der Waals surface area contributed by atoms with Crippen molar-refractivity contribution < 1.29 is 4.42 Å². The van der Waals surface area contributed by atoms with Gasteiger partial charge in [-0.05, 0) is 19.2 Å². The van der Waals surface area contributed by atoms with Gasteiger partial charge in [0.15, 0.2) is 0 Å². The average Bonchev–Trinajstić information content (AvgIpc) is 2.96. The van der Waals surface area contributed by atoms with Crippen LogP contribution in [0.4, 0.5) is 5.95 Å². The fourth-order valence-electron chi connectivity index (χ4n) is 2.62. The minimum absolute atomic E-state index is 0.825. The first-order valence-electron chi connectivity index (χ1n) is 7.31. The Balaban J connectivity index is 1.55. The van der Waals surface area contributed by atoms with Crippen molar-refractivity contribution in [2.24, 2.45) is 0 Å². The van der Waals surface area contributed by atoms with Crippen molar-refractivity contribution in [1.82, 2.24) is 20.2 Å². The Morgan fingerprint density at radius 2 is 1.95 bits per heavy atom. The van der Waals surface area contributed by atoms with Crippen LogP contribution in [0.3, 0.4) is 0 Å². The van der Waals surface area contributed by atoms with E-state index in [2.05, 4.69) is 25.1 Å². The summed E-state index contributed by atoms with van der Waals surface area (Å²) in [6.45, 7) is 5.62. The predicted molar refractivity (Wildman–Crippen MR) is 81.0 cm³/mol. The summed E-state index contributed by atoms with van der Waals surface area (Å²) in [4.78, 5) is 13.3. The molecule has 0 aromatic carbocycles. The minimum atomic E-state index is 0.825. The van der Waals surface area contributed by atoms with Gasteiger partial charge in [-0.3, -0.25) is 4.90 Å². The Morgan fingerprint density at radius 1 is 1.19 bits per heavy atom. The number of aromatic nitrogens is 2. The third-order valence-electron chi connectivity index (χ3n) is 3.78. The van der Waals surface area contributed by atoms with Gasteiger partial charge in [0, 0.05) is 50.7 Å². The lowest BCUT2D eigenvalue weighted by atomic mass is 10.2. The van der Waals surface area contributed by atoms with Gasteiger partial charge < -0.3 is 14.6 Å². The molecule has 0 amide bonds. The SMILES string of the molecule is CNCc1ccoc1CN1CCN(c2ncccn2)CC1. The third kappa shape index (κ3) is 3.40. The number of piperazine rings is 1. The highest BCUT2D eigenvalue weighted by atomic mass is 16.3. The second-order valence-electron chi connectivity index (χ2n) is 5.21. The van der Waals surface area contributed by atoms with Gasteiger partial charge in [0.1, 0.15) is 5.76 Å². The Bertz CT molecular complexity index is 548. The van der Waals surface area contributed by atoms with Crippen LogP contribution in [0.2, 0.25) is 0 Å². The maximum Gasteiger partial charge on any atom is 0.225 e. The van der Waals surface area contributed by atoms with E-state index in [1.807, 2.05) is 19.2 Å². The average molecular weight is 287 g/mol. The molecule has 21 heavy (non-hydrogen) atoms. The van der Waals surface area contributed by atoms with E-state index in [1.165, 1.54) is 5.56 Å². The molecule has 112 valence electrons. The first-order chi connectivity index (χ1) is 10.4. The maximum atomic E-state index is 5.61. The molecule has 6 nitrogen and oxygen atoms in total. The van der Waals surface area contributed by atoms with Gasteiger partial charge in [0.2, 0.25) is 5.95 Å². The van der Waals surface area contributed by atoms with E-state index in [-0.39, 0.29) is 0 Å². The Kier molecular flexibility index (Phi) is 4.47. The topological polar surface area (TPSA) is 57.4 Å². The zero-order valence-electron chi connectivity index (χ0n) is 12.3. The monoisotopic (exact) mass is 287 g/mol. The van der Waals surface area contributed by atoms with E-state index in [4.69, 9.17) is 4.42 Å². The molecule has 2 aromatic rings. The lowest BCUT2D eigenvalue weighted by molar-refractivity contribution is 0.228. The van der Waals surface area contributed by atoms with Crippen LogP contribution in [0.15, 0.2) is 35.2 Å². The summed E-state index contributed by atoms with van der Waals surface area (Å²) < 4.78 is 5.61. The fraction of sp³-hybridized carbons (Fsp3) is 0.467. The van der Waals surface area contributed by atoms with Gasteiger partial charge in [-0.25, -0.2) is 9.97 Å². The van der Waals surface area contributed by atoms with E-state index in [1.54, 1.807) is 18.7 Å². The van der Waals surface area contributed by atoms with Gasteiger partial charge in [0.05, 0.1) is 12.8 Å². The van der Waals surface area contributed by atoms with Crippen molar-refractivity contribution in [3.8, 4) is 0 Å². The molecule has 3 rings (SSSR count). The summed E-state index contributed by atoms with van der Waals surface area (Å²) in [7, 11) is 1.95. The van der Waals surface area contributed by atoms with Gasteiger partial charge in [-0.2, -0.15) is 0 Å². The van der Waals surface area contributed by atoms with E-state index >= 15 is 0 Å². The van der Waals surface area contributed by atoms with E-state index in [0.717, 1.165) is 51.0 Å². The highest BCUT2D eigenvalue weighted by Crippen LogP contribution is 2.16. The number of rotatable bonds is 5. The van der Waals surface area contributed by atoms with Crippen molar-refractivity contribution in [3.63, 3.8) is 0 Å². The van der Waals surface area contributed by atoms with Crippen LogP contribution in [-0.4, -0.2) is 48.1 Å². The lowest BCUT2D eigenvalue weighted by Crippen LogP contribution is -2.46. The molecule has 0 unspecified atom stereocenters. The summed E-state index contributed by atoms with van der Waals surface area (Å²) >= 11 is 0. The number of hydrogen-bond acceptors (Lipinski definition) is 6. The predicted octanol–water partition coefficient (Wildman–Crippen LogP) is 1.11. The first-order valence-corrected chi connectivity index (χ1v) is 7.31. The van der Waals surface area contributed by atoms with Crippen molar-refractivity contribution in [2.45, 2.75) is 13.1 Å². The van der Waals surface area contributed by atoms with Crippen molar-refractivity contribution >= 4 is 5.95 Å². The van der Waals surface area contributed by atoms with Gasteiger partial charge in [-0.15, -0.1) is 0 Å². The van der Waals surface area contributed by atoms with E-state index < -0.39 is 0 Å². The molecule has 0 saturated carbocycles. The van der Waals surface area contributed by atoms with Crippen LogP contribution in [-0.2, 0) is 13.1 Å². The fourth-order valence-corrected chi connectivity index (χ4v) is 2.62. The number of nitrogens with one attached hydrogen (secondary N) is 1. The molecule has 0 atom stereocenters. The molecule has 0 bridgehead atoms. The zero-order valence-corrected chi connectivity index (χ0v) is 12.3. The molecule has 1 fully saturated rings. The van der Waals surface area contributed by atoms with Crippen molar-refractivity contribution in [2.75, 3.05) is 38.1 Å². The Hall–Kier alpha value is -1.92. The van der Waals surface area contributed by atoms with Crippen molar-refractivity contribution in [1.29, 1.82) is 0 Å². The molecular formula is C15H21N5O. The number of nitrogens with zero attached hydrogens (tertiary/aromatic N) is 4. The van der Waals surface area contributed by atoms with Crippen LogP contribution in [0.25, 0.3) is 0 Å². The van der Waals surface area contributed by atoms with Gasteiger partial charge in [-0.1, -0.05) is 0 Å². The molecular weight excluding hydrogens is 266 g/mol. The smallest absolute Gasteiger partial charge is 0.225 e. The van der Waals surface area contributed by atoms with Crippen LogP contribution in [0.1, 0.15) is 11.3 Å². The van der Waals surface area contributed by atoms with Crippen LogP contribution >= 0.6 is 0 Å². The molecule has 2 aromatic heterocycles. The Morgan fingerprint density at radius 3 is 2.67 bits per heavy atom. The molecule has 1 saturated heterocycles. The highest BCUT2D eigenvalue weighted by Gasteiger charge is 2.20. The largest absolute Gasteiger partial charge is 0.468 e. The first kappa shape index (κ1) is 14.0. The number of furan rings is 1. The lowest BCUT2D eigenvalue weighted by Gasteiger charge is -2.34. The molecule has 1 aliphatic heterocycles. The summed E-state index contributed by atoms with van der Waals surface area (Å²) in [6.07, 6.45) is 5.36. The van der Waals surface area contributed by atoms with Crippen LogP contribution in [0.5, 0.6) is 0 Å². The van der Waals surface area contributed by atoms with Crippen molar-refractivity contribution in [3.05, 3.63) is 42.1 Å². The normalized spacial score (nSPS) is 16.3. The maximum absolute atomic E-state index is 5.61. The summed E-state index contributed by atoms with van der Waals surface area (Å²) in [5.74, 6) is 1.89. The molecule has 1 aliphatic rings. The van der Waals surface area contributed by atoms with E-state index in [0.29, 0.717) is 0 Å². The molecule has 1 N–H and O–H groups in total.